The quantitative estimate of drug-likeness (QED) is 0.873. The van der Waals surface area contributed by atoms with Crippen LogP contribution in [-0.4, -0.2) is 6.54 Å². The van der Waals surface area contributed by atoms with E-state index in [4.69, 9.17) is 17.3 Å². The Morgan fingerprint density at radius 3 is 2.37 bits per heavy atom. The van der Waals surface area contributed by atoms with Gasteiger partial charge in [0.25, 0.3) is 0 Å². The predicted octanol–water partition coefficient (Wildman–Crippen LogP) is 3.69. The average Bonchev–Trinajstić information content (AvgIpc) is 2.45. The van der Waals surface area contributed by atoms with Gasteiger partial charge in [-0.25, -0.2) is 0 Å². The average molecular weight is 275 g/mol. The van der Waals surface area contributed by atoms with E-state index in [0.29, 0.717) is 6.54 Å². The minimum atomic E-state index is 0.105. The van der Waals surface area contributed by atoms with Crippen LogP contribution in [0.3, 0.4) is 0 Å². The third-order valence-corrected chi connectivity index (χ3v) is 3.47. The van der Waals surface area contributed by atoms with E-state index < -0.39 is 0 Å². The largest absolute Gasteiger partial charge is 0.329 e. The van der Waals surface area contributed by atoms with Gasteiger partial charge in [0, 0.05) is 23.7 Å². The molecule has 2 atom stereocenters. The first-order valence-corrected chi connectivity index (χ1v) is 6.85. The van der Waals surface area contributed by atoms with Gasteiger partial charge in [0.2, 0.25) is 0 Å². The van der Waals surface area contributed by atoms with Gasteiger partial charge in [0.1, 0.15) is 0 Å². The summed E-state index contributed by atoms with van der Waals surface area (Å²) < 4.78 is 0. The topological polar surface area (TPSA) is 38.0 Å². The monoisotopic (exact) mass is 274 g/mol. The van der Waals surface area contributed by atoms with Crippen molar-refractivity contribution in [2.45, 2.75) is 19.0 Å². The Morgan fingerprint density at radius 2 is 1.74 bits per heavy atom. The second-order valence-electron chi connectivity index (χ2n) is 4.64. The maximum absolute atomic E-state index is 6.03. The molecule has 0 bridgehead atoms. The van der Waals surface area contributed by atoms with Crippen LogP contribution >= 0.6 is 11.6 Å². The minimum Gasteiger partial charge on any atom is -0.329 e. The van der Waals surface area contributed by atoms with Crippen LogP contribution in [0.25, 0.3) is 0 Å². The summed E-state index contributed by atoms with van der Waals surface area (Å²) in [7, 11) is 0. The number of hydrogen-bond donors (Lipinski definition) is 2. The van der Waals surface area contributed by atoms with Crippen LogP contribution in [0.15, 0.2) is 54.6 Å². The zero-order chi connectivity index (χ0) is 13.7. The van der Waals surface area contributed by atoms with Gasteiger partial charge < -0.3 is 11.1 Å². The lowest BCUT2D eigenvalue weighted by molar-refractivity contribution is 0.473. The van der Waals surface area contributed by atoms with Gasteiger partial charge in [-0.15, -0.1) is 0 Å². The standard InChI is InChI=1S/C16H19ClN2/c1-12(13-6-3-2-4-7-13)19-16(11-18)14-8-5-9-15(17)10-14/h2-10,12,16,19H,11,18H2,1H3. The van der Waals surface area contributed by atoms with E-state index in [1.165, 1.54) is 5.56 Å². The van der Waals surface area contributed by atoms with Gasteiger partial charge in [-0.3, -0.25) is 0 Å². The highest BCUT2D eigenvalue weighted by Crippen LogP contribution is 2.21. The van der Waals surface area contributed by atoms with Gasteiger partial charge in [-0.2, -0.15) is 0 Å². The van der Waals surface area contributed by atoms with Crippen molar-refractivity contribution in [3.63, 3.8) is 0 Å². The Balaban J connectivity index is 2.11. The highest BCUT2D eigenvalue weighted by atomic mass is 35.5. The van der Waals surface area contributed by atoms with Crippen LogP contribution < -0.4 is 11.1 Å². The molecule has 19 heavy (non-hydrogen) atoms. The molecular weight excluding hydrogens is 256 g/mol. The molecule has 0 saturated carbocycles. The molecule has 100 valence electrons. The van der Waals surface area contributed by atoms with Crippen LogP contribution in [0, 0.1) is 0 Å². The van der Waals surface area contributed by atoms with E-state index in [1.807, 2.05) is 42.5 Å². The summed E-state index contributed by atoms with van der Waals surface area (Å²) >= 11 is 6.03. The highest BCUT2D eigenvalue weighted by molar-refractivity contribution is 6.30. The Kier molecular flexibility index (Phi) is 4.97. The molecule has 3 heteroatoms. The summed E-state index contributed by atoms with van der Waals surface area (Å²) in [5.41, 5.74) is 8.25. The molecule has 0 aromatic heterocycles. The fourth-order valence-corrected chi connectivity index (χ4v) is 2.36. The summed E-state index contributed by atoms with van der Waals surface area (Å²) in [4.78, 5) is 0. The summed E-state index contributed by atoms with van der Waals surface area (Å²) in [6.07, 6.45) is 0. The van der Waals surface area contributed by atoms with Gasteiger partial charge in [0.05, 0.1) is 0 Å². The van der Waals surface area contributed by atoms with Crippen LogP contribution in [0.2, 0.25) is 5.02 Å². The van der Waals surface area contributed by atoms with Crippen LogP contribution in [-0.2, 0) is 0 Å². The molecule has 0 saturated heterocycles. The number of halogens is 1. The van der Waals surface area contributed by atoms with E-state index in [2.05, 4.69) is 24.4 Å². The third kappa shape index (κ3) is 3.80. The van der Waals surface area contributed by atoms with Crippen molar-refractivity contribution >= 4 is 11.6 Å². The zero-order valence-electron chi connectivity index (χ0n) is 11.0. The molecule has 0 radical (unpaired) electrons. The molecule has 0 spiro atoms. The molecule has 3 N–H and O–H groups in total. The lowest BCUT2D eigenvalue weighted by Crippen LogP contribution is -2.30. The molecule has 2 rings (SSSR count). The summed E-state index contributed by atoms with van der Waals surface area (Å²) in [5.74, 6) is 0. The van der Waals surface area contributed by atoms with E-state index in [9.17, 15) is 0 Å². The maximum atomic E-state index is 6.03. The lowest BCUT2D eigenvalue weighted by atomic mass is 10.0. The summed E-state index contributed by atoms with van der Waals surface area (Å²) in [6.45, 7) is 2.68. The van der Waals surface area contributed by atoms with Gasteiger partial charge >= 0.3 is 0 Å². The number of benzene rings is 2. The van der Waals surface area contributed by atoms with Crippen LogP contribution in [0.5, 0.6) is 0 Å². The SMILES string of the molecule is CC(NC(CN)c1cccc(Cl)c1)c1ccccc1. The summed E-state index contributed by atoms with van der Waals surface area (Å²) in [6, 6.07) is 18.5. The maximum Gasteiger partial charge on any atom is 0.0449 e. The lowest BCUT2D eigenvalue weighted by Gasteiger charge is -2.23. The van der Waals surface area contributed by atoms with E-state index in [1.54, 1.807) is 0 Å². The van der Waals surface area contributed by atoms with E-state index in [0.717, 1.165) is 10.6 Å². The first-order chi connectivity index (χ1) is 9.20. The zero-order valence-corrected chi connectivity index (χ0v) is 11.8. The number of nitrogens with two attached hydrogens (primary N) is 1. The Labute approximate surface area is 119 Å². The van der Waals surface area contributed by atoms with Crippen molar-refractivity contribution in [2.24, 2.45) is 5.73 Å². The summed E-state index contributed by atoms with van der Waals surface area (Å²) in [5, 5.41) is 4.28. The van der Waals surface area contributed by atoms with Crippen molar-refractivity contribution in [3.05, 3.63) is 70.7 Å². The van der Waals surface area contributed by atoms with Crippen molar-refractivity contribution in [2.75, 3.05) is 6.54 Å². The first-order valence-electron chi connectivity index (χ1n) is 6.47. The first kappa shape index (κ1) is 14.1. The molecule has 0 aliphatic carbocycles. The Bertz CT molecular complexity index is 513. The smallest absolute Gasteiger partial charge is 0.0449 e. The van der Waals surface area contributed by atoms with Gasteiger partial charge in [-0.1, -0.05) is 54.1 Å². The fraction of sp³-hybridized carbons (Fsp3) is 0.250. The predicted molar refractivity (Wildman–Crippen MR) is 81.2 cm³/mol. The molecule has 2 aromatic carbocycles. The molecule has 0 fully saturated rings. The number of nitrogens with one attached hydrogen (secondary N) is 1. The molecule has 2 unspecified atom stereocenters. The molecular formula is C16H19ClN2. The van der Waals surface area contributed by atoms with Crippen LogP contribution in [0.4, 0.5) is 0 Å². The normalized spacial score (nSPS) is 14.1. The number of rotatable bonds is 5. The Morgan fingerprint density at radius 1 is 1.05 bits per heavy atom. The van der Waals surface area contributed by atoms with Crippen molar-refractivity contribution in [1.82, 2.24) is 5.32 Å². The van der Waals surface area contributed by atoms with E-state index >= 15 is 0 Å². The number of hydrogen-bond acceptors (Lipinski definition) is 2. The van der Waals surface area contributed by atoms with E-state index in [-0.39, 0.29) is 12.1 Å². The van der Waals surface area contributed by atoms with Crippen LogP contribution in [0.1, 0.15) is 30.1 Å². The second kappa shape index (κ2) is 6.71. The molecule has 0 amide bonds. The second-order valence-corrected chi connectivity index (χ2v) is 5.08. The van der Waals surface area contributed by atoms with Crippen molar-refractivity contribution in [1.29, 1.82) is 0 Å². The van der Waals surface area contributed by atoms with Crippen molar-refractivity contribution in [3.8, 4) is 0 Å². The van der Waals surface area contributed by atoms with Gasteiger partial charge in [0.15, 0.2) is 0 Å². The third-order valence-electron chi connectivity index (χ3n) is 3.24. The highest BCUT2D eigenvalue weighted by Gasteiger charge is 2.14. The van der Waals surface area contributed by atoms with Gasteiger partial charge in [-0.05, 0) is 30.2 Å². The minimum absolute atomic E-state index is 0.105. The molecule has 0 heterocycles. The molecule has 2 nitrogen and oxygen atoms in total. The Hall–Kier alpha value is -1.35. The fourth-order valence-electron chi connectivity index (χ4n) is 2.16. The molecule has 0 aliphatic heterocycles. The molecule has 2 aromatic rings. The van der Waals surface area contributed by atoms with Crippen molar-refractivity contribution < 1.29 is 0 Å². The molecule has 0 aliphatic rings.